The Labute approximate surface area is 69.6 Å². The summed E-state index contributed by atoms with van der Waals surface area (Å²) in [5.74, 6) is -0.746. The molecule has 0 spiro atoms. The van der Waals surface area contributed by atoms with Gasteiger partial charge in [0.25, 0.3) is 0 Å². The first-order valence-electron chi connectivity index (χ1n) is 3.28. The fourth-order valence-electron chi connectivity index (χ4n) is 1.07. The third-order valence-electron chi connectivity index (χ3n) is 1.71. The fourth-order valence-corrected chi connectivity index (χ4v) is 1.39. The molecule has 4 heteroatoms. The van der Waals surface area contributed by atoms with Gasteiger partial charge in [-0.15, -0.1) is 18.2 Å². The van der Waals surface area contributed by atoms with Crippen LogP contribution >= 0.6 is 11.6 Å². The lowest BCUT2D eigenvalue weighted by Crippen LogP contribution is -2.22. The molecule has 3 nitrogen and oxygen atoms in total. The SMILES string of the molecule is C=C[C@@H]1[C@H](Cl)C(=O)O[C@@H]1CO. The topological polar surface area (TPSA) is 46.5 Å². The van der Waals surface area contributed by atoms with Gasteiger partial charge in [0.05, 0.1) is 6.61 Å². The van der Waals surface area contributed by atoms with E-state index < -0.39 is 17.5 Å². The zero-order chi connectivity index (χ0) is 8.43. The normalized spacial score (nSPS) is 36.9. The maximum atomic E-state index is 10.8. The molecule has 1 rings (SSSR count). The van der Waals surface area contributed by atoms with E-state index in [1.807, 2.05) is 0 Å². The van der Waals surface area contributed by atoms with E-state index in [0.717, 1.165) is 0 Å². The van der Waals surface area contributed by atoms with Gasteiger partial charge in [-0.2, -0.15) is 0 Å². The summed E-state index contributed by atoms with van der Waals surface area (Å²) in [6, 6.07) is 0. The van der Waals surface area contributed by atoms with Crippen molar-refractivity contribution in [1.82, 2.24) is 0 Å². The minimum absolute atomic E-state index is 0.203. The number of cyclic esters (lactones) is 1. The summed E-state index contributed by atoms with van der Waals surface area (Å²) in [6.07, 6.45) is 1.02. The lowest BCUT2D eigenvalue weighted by molar-refractivity contribution is -0.142. The van der Waals surface area contributed by atoms with Crippen LogP contribution in [-0.2, 0) is 9.53 Å². The van der Waals surface area contributed by atoms with Crippen LogP contribution in [-0.4, -0.2) is 29.2 Å². The summed E-state index contributed by atoms with van der Waals surface area (Å²) in [6.45, 7) is 3.30. The number of alkyl halides is 1. The van der Waals surface area contributed by atoms with Crippen molar-refractivity contribution in [2.45, 2.75) is 11.5 Å². The Kier molecular flexibility index (Phi) is 2.52. The Bertz CT molecular complexity index is 181. The predicted octanol–water partition coefficient (Wildman–Crippen LogP) is 0.314. The molecule has 0 aromatic carbocycles. The number of rotatable bonds is 2. The van der Waals surface area contributed by atoms with Gasteiger partial charge in [0.2, 0.25) is 0 Å². The van der Waals surface area contributed by atoms with Crippen LogP contribution in [0.3, 0.4) is 0 Å². The van der Waals surface area contributed by atoms with E-state index in [-0.39, 0.29) is 12.5 Å². The Morgan fingerprint density at radius 1 is 1.82 bits per heavy atom. The highest BCUT2D eigenvalue weighted by Crippen LogP contribution is 2.27. The van der Waals surface area contributed by atoms with Gasteiger partial charge in [0.15, 0.2) is 0 Å². The first-order valence-corrected chi connectivity index (χ1v) is 3.72. The quantitative estimate of drug-likeness (QED) is 0.374. The van der Waals surface area contributed by atoms with Crippen LogP contribution in [0.1, 0.15) is 0 Å². The van der Waals surface area contributed by atoms with Gasteiger partial charge in [0.1, 0.15) is 11.5 Å². The molecule has 1 heterocycles. The van der Waals surface area contributed by atoms with Crippen molar-refractivity contribution < 1.29 is 14.6 Å². The highest BCUT2D eigenvalue weighted by Gasteiger charge is 2.41. The standard InChI is InChI=1S/C7H9ClO3/c1-2-4-5(3-9)11-7(10)6(4)8/h2,4-6,9H,1,3H2/t4-,5+,6-/m0/s1. The second-order valence-electron chi connectivity index (χ2n) is 2.37. The third-order valence-corrected chi connectivity index (χ3v) is 2.18. The minimum Gasteiger partial charge on any atom is -0.458 e. The van der Waals surface area contributed by atoms with E-state index in [2.05, 4.69) is 6.58 Å². The van der Waals surface area contributed by atoms with Crippen LogP contribution in [0.2, 0.25) is 0 Å². The summed E-state index contributed by atoms with van der Waals surface area (Å²) < 4.78 is 4.73. The molecule has 11 heavy (non-hydrogen) atoms. The van der Waals surface area contributed by atoms with Crippen molar-refractivity contribution in [2.75, 3.05) is 6.61 Å². The van der Waals surface area contributed by atoms with Crippen molar-refractivity contribution in [3.05, 3.63) is 12.7 Å². The van der Waals surface area contributed by atoms with E-state index in [0.29, 0.717) is 0 Å². The predicted molar refractivity (Wildman–Crippen MR) is 40.3 cm³/mol. The van der Waals surface area contributed by atoms with Gasteiger partial charge < -0.3 is 9.84 Å². The molecule has 0 amide bonds. The Balaban J connectivity index is 2.72. The highest BCUT2D eigenvalue weighted by atomic mass is 35.5. The summed E-state index contributed by atoms with van der Waals surface area (Å²) in [5, 5.41) is 8.03. The van der Waals surface area contributed by atoms with E-state index in [1.54, 1.807) is 0 Å². The molecule has 1 aliphatic heterocycles. The molecule has 1 fully saturated rings. The van der Waals surface area contributed by atoms with Gasteiger partial charge >= 0.3 is 5.97 Å². The van der Waals surface area contributed by atoms with Crippen molar-refractivity contribution in [2.24, 2.45) is 5.92 Å². The Hall–Kier alpha value is -0.540. The van der Waals surface area contributed by atoms with E-state index >= 15 is 0 Å². The largest absolute Gasteiger partial charge is 0.458 e. The van der Waals surface area contributed by atoms with Crippen LogP contribution in [0, 0.1) is 5.92 Å². The van der Waals surface area contributed by atoms with Crippen LogP contribution < -0.4 is 0 Å². The number of hydrogen-bond acceptors (Lipinski definition) is 3. The number of aliphatic hydroxyl groups excluding tert-OH is 1. The van der Waals surface area contributed by atoms with E-state index in [4.69, 9.17) is 21.4 Å². The second kappa shape index (κ2) is 3.24. The van der Waals surface area contributed by atoms with Gasteiger partial charge in [-0.25, -0.2) is 0 Å². The fraction of sp³-hybridized carbons (Fsp3) is 0.571. The molecule has 0 unspecified atom stereocenters. The molecule has 0 aromatic rings. The van der Waals surface area contributed by atoms with Gasteiger partial charge in [-0.3, -0.25) is 4.79 Å². The first kappa shape index (κ1) is 8.56. The van der Waals surface area contributed by atoms with Crippen LogP contribution in [0.4, 0.5) is 0 Å². The highest BCUT2D eigenvalue weighted by molar-refractivity contribution is 6.30. The molecule has 1 N–H and O–H groups in total. The van der Waals surface area contributed by atoms with Crippen molar-refractivity contribution in [3.63, 3.8) is 0 Å². The first-order chi connectivity index (χ1) is 5.20. The lowest BCUT2D eigenvalue weighted by Gasteiger charge is -2.10. The molecular weight excluding hydrogens is 168 g/mol. The maximum Gasteiger partial charge on any atom is 0.325 e. The van der Waals surface area contributed by atoms with Gasteiger partial charge in [-0.1, -0.05) is 6.08 Å². The van der Waals surface area contributed by atoms with E-state index in [1.165, 1.54) is 6.08 Å². The zero-order valence-electron chi connectivity index (χ0n) is 5.87. The monoisotopic (exact) mass is 176 g/mol. The summed E-state index contributed by atoms with van der Waals surface area (Å²) in [5.41, 5.74) is 0. The molecule has 1 aliphatic rings. The summed E-state index contributed by atoms with van der Waals surface area (Å²) >= 11 is 5.65. The number of carbonyl (C=O) groups is 1. The maximum absolute atomic E-state index is 10.8. The Morgan fingerprint density at radius 2 is 2.45 bits per heavy atom. The number of esters is 1. The molecule has 3 atom stereocenters. The van der Waals surface area contributed by atoms with Gasteiger partial charge in [0, 0.05) is 5.92 Å². The molecule has 0 radical (unpaired) electrons. The molecule has 62 valence electrons. The molecule has 0 bridgehead atoms. The van der Waals surface area contributed by atoms with Crippen LogP contribution in [0.5, 0.6) is 0 Å². The van der Waals surface area contributed by atoms with E-state index in [9.17, 15) is 4.79 Å². The molecule has 0 saturated carbocycles. The number of carbonyl (C=O) groups excluding carboxylic acids is 1. The Morgan fingerprint density at radius 3 is 2.82 bits per heavy atom. The van der Waals surface area contributed by atoms with Crippen molar-refractivity contribution in [1.29, 1.82) is 0 Å². The number of halogens is 1. The van der Waals surface area contributed by atoms with Crippen LogP contribution in [0.15, 0.2) is 12.7 Å². The van der Waals surface area contributed by atoms with Crippen molar-refractivity contribution >= 4 is 17.6 Å². The number of hydrogen-bond donors (Lipinski definition) is 1. The van der Waals surface area contributed by atoms with Crippen molar-refractivity contribution in [3.8, 4) is 0 Å². The lowest BCUT2D eigenvalue weighted by atomic mass is 10.0. The smallest absolute Gasteiger partial charge is 0.325 e. The summed E-state index contributed by atoms with van der Waals surface area (Å²) in [4.78, 5) is 10.8. The summed E-state index contributed by atoms with van der Waals surface area (Å²) in [7, 11) is 0. The number of aliphatic hydroxyl groups is 1. The minimum atomic E-state index is -0.690. The molecule has 1 saturated heterocycles. The van der Waals surface area contributed by atoms with Gasteiger partial charge in [-0.05, 0) is 0 Å². The third kappa shape index (κ3) is 1.39. The molecule has 0 aromatic heterocycles. The zero-order valence-corrected chi connectivity index (χ0v) is 6.62. The molecular formula is C7H9ClO3. The average Bonchev–Trinajstić information content (AvgIpc) is 2.28. The van der Waals surface area contributed by atoms with Crippen LogP contribution in [0.25, 0.3) is 0 Å². The second-order valence-corrected chi connectivity index (χ2v) is 2.84. The molecule has 0 aliphatic carbocycles. The number of ether oxygens (including phenoxy) is 1. The average molecular weight is 177 g/mol.